The summed E-state index contributed by atoms with van der Waals surface area (Å²) in [5, 5.41) is 19.6. The van der Waals surface area contributed by atoms with E-state index in [1.807, 2.05) is 104 Å². The normalized spacial score (nSPS) is 18.2. The van der Waals surface area contributed by atoms with Crippen LogP contribution in [0.25, 0.3) is 55.0 Å². The molecule has 38 heteroatoms. The number of aryl methyl sites for hydroxylation is 3. The van der Waals surface area contributed by atoms with Gasteiger partial charge in [-0.3, -0.25) is 0 Å². The molecule has 6 aromatic heterocycles. The van der Waals surface area contributed by atoms with Gasteiger partial charge in [0.1, 0.15) is 11.2 Å². The standard InChI is InChI=1S/C33H38ClN5O5S.C28H30ClN5O3S.C26H39BN4O4.C13H11BrClNO3S/c1-20-16-28-21(18-35-31(39-28)37-22-10-12-23(13-11-22)38-32(40)44-33(2,3)4)17-26(20)25-15-14-24(36-30(25)43-5)19-45(41,42)29-9-7-6-8-27(29)34;1-17-13-25-18(15-31-28(34-25)33-20-9-7-19(30)8-10-20)14-23(17)22-12-11-21(32-27(22)37-2)16-38(35,36)26-6-4-3-5-24(26)29;1-16-13-21-17(14-20(16)27-34-25(5,6)26(7,8)35-27)15-28-22(31-21)29-18-9-11-19(12-10-18)30-23(32)33-24(2,3)4;1-19-13-10(14)7-6-9(16-13)8-20(17,18)12-5-3-2-4-11(12)15/h6-9,14-18,22-23H,10-13,19H2,1-5H3,(H,38,40)(H,35,37,39);3-6,11-15,19-20H,7-10,16,30H2,1-2H3,(H,31,33,34);13-15,18-19H,9-12H2,1-8H3,(H,30,32)(H,28,29,31);2-7H,8H2,1H3. The zero-order chi connectivity index (χ0) is 99.6. The molecule has 0 spiro atoms. The van der Waals surface area contributed by atoms with Gasteiger partial charge >= 0.3 is 19.3 Å². The lowest BCUT2D eigenvalue weighted by atomic mass is 9.75. The molecule has 0 bridgehead atoms. The summed E-state index contributed by atoms with van der Waals surface area (Å²) in [6.45, 7) is 25.5. The number of nitrogens with one attached hydrogen (secondary N) is 5. The molecule has 12 aromatic rings. The third-order valence-corrected chi connectivity index (χ3v) is 31.4. The molecule has 0 atom stereocenters. The largest absolute Gasteiger partial charge is 0.495 e. The highest BCUT2D eigenvalue weighted by Crippen LogP contribution is 2.41. The number of methoxy groups -OCH3 is 3. The summed E-state index contributed by atoms with van der Waals surface area (Å²) in [5.41, 5.74) is 15.2. The van der Waals surface area contributed by atoms with Crippen LogP contribution < -0.4 is 52.0 Å². The van der Waals surface area contributed by atoms with Crippen LogP contribution in [0.4, 0.5) is 27.4 Å². The molecule has 4 fully saturated rings. The van der Waals surface area contributed by atoms with E-state index in [1.54, 1.807) is 85.1 Å². The fourth-order valence-corrected chi connectivity index (χ4v) is 22.5. The lowest BCUT2D eigenvalue weighted by molar-refractivity contribution is 0.00578. The second-order valence-electron chi connectivity index (χ2n) is 37.9. The van der Waals surface area contributed by atoms with Gasteiger partial charge in [-0.1, -0.05) is 77.3 Å². The van der Waals surface area contributed by atoms with Crippen LogP contribution in [-0.4, -0.2) is 169 Å². The van der Waals surface area contributed by atoms with Gasteiger partial charge in [0, 0.05) is 82.1 Å². The van der Waals surface area contributed by atoms with Crippen LogP contribution in [0.15, 0.2) is 183 Å². The van der Waals surface area contributed by atoms with Crippen LogP contribution in [0, 0.1) is 20.8 Å². The van der Waals surface area contributed by atoms with Gasteiger partial charge in [0.15, 0.2) is 29.5 Å². The van der Waals surface area contributed by atoms with Gasteiger partial charge in [-0.15, -0.1) is 0 Å². The molecule has 1 aliphatic heterocycles. The third kappa shape index (κ3) is 27.3. The first-order valence-corrected chi connectivity index (χ1v) is 52.5. The van der Waals surface area contributed by atoms with Crippen LogP contribution >= 0.6 is 50.7 Å². The van der Waals surface area contributed by atoms with Crippen molar-refractivity contribution in [1.82, 2.24) is 55.5 Å². The number of nitrogens with two attached hydrogens (primary N) is 1. The number of hydrogen-bond donors (Lipinski definition) is 6. The number of rotatable bonds is 23. The van der Waals surface area contributed by atoms with Gasteiger partial charge in [0.05, 0.1) is 118 Å². The maximum Gasteiger partial charge on any atom is 0.495 e. The maximum absolute atomic E-state index is 13.0. The molecule has 3 saturated carbocycles. The van der Waals surface area contributed by atoms with Crippen molar-refractivity contribution in [3.63, 3.8) is 0 Å². The Balaban J connectivity index is 0.000000160. The number of nitrogens with zero attached hydrogens (tertiary/aromatic N) is 9. The number of sulfone groups is 3. The van der Waals surface area contributed by atoms with Crippen molar-refractivity contribution < 1.29 is 67.8 Å². The minimum atomic E-state index is -3.71. The highest BCUT2D eigenvalue weighted by atomic mass is 79.9. The number of hydrogen-bond acceptors (Lipinski definition) is 28. The van der Waals surface area contributed by atoms with Gasteiger partial charge in [-0.2, -0.15) is 0 Å². The van der Waals surface area contributed by atoms with Gasteiger partial charge in [0.25, 0.3) is 0 Å². The molecule has 7 heterocycles. The number of aromatic nitrogens is 9. The number of alkyl carbamates (subject to hydrolysis) is 2. The van der Waals surface area contributed by atoms with Gasteiger partial charge in [-0.25, -0.2) is 79.7 Å². The Morgan fingerprint density at radius 2 is 0.739 bits per heavy atom. The van der Waals surface area contributed by atoms with Crippen molar-refractivity contribution >= 4 is 156 Å². The summed E-state index contributed by atoms with van der Waals surface area (Å²) in [4.78, 5) is 65.6. The number of anilines is 3. The van der Waals surface area contributed by atoms with Gasteiger partial charge in [-0.05, 0) is 319 Å². The predicted octanol–water partition coefficient (Wildman–Crippen LogP) is 20.2. The van der Waals surface area contributed by atoms with E-state index >= 15 is 0 Å². The second kappa shape index (κ2) is 44.4. The number of carbonyl (C=O) groups is 2. The van der Waals surface area contributed by atoms with E-state index in [0.29, 0.717) is 69.1 Å². The summed E-state index contributed by atoms with van der Waals surface area (Å²) < 4.78 is 117. The molecular weight excluding hydrogens is 1940 g/mol. The van der Waals surface area contributed by atoms with Crippen LogP contribution in [0.2, 0.25) is 15.1 Å². The molecule has 732 valence electrons. The molecule has 6 aromatic carbocycles. The summed E-state index contributed by atoms with van der Waals surface area (Å²) >= 11 is 21.5. The molecule has 0 radical (unpaired) electrons. The van der Waals surface area contributed by atoms with E-state index < -0.39 is 47.8 Å². The highest BCUT2D eigenvalue weighted by molar-refractivity contribution is 9.10. The SMILES string of the molecule is COc1nc(CS(=O)(=O)c2ccccc2Cl)ccc1-c1cc2cnc(NC3CCC(N)CC3)nc2cc1C.COc1nc(CS(=O)(=O)c2ccccc2Cl)ccc1-c1cc2cnc(NC3CCC(NC(=O)OC(C)(C)C)CC3)nc2cc1C.COc1nc(CS(=O)(=O)c2ccccc2Cl)ccc1Br.Cc1cc2nc(NC3CCC(NC(=O)OC(C)(C)C)CC3)ncc2cc1B1OC(C)(C)C(C)(C)O1. The van der Waals surface area contributed by atoms with Crippen LogP contribution in [0.5, 0.6) is 17.6 Å². The zero-order valence-electron chi connectivity index (χ0n) is 80.2. The Morgan fingerprint density at radius 1 is 0.428 bits per heavy atom. The average molecular weight is 2060 g/mol. The molecule has 138 heavy (non-hydrogen) atoms. The Morgan fingerprint density at radius 3 is 1.08 bits per heavy atom. The monoisotopic (exact) mass is 2060 g/mol. The number of ether oxygens (including phenoxy) is 5. The molecule has 30 nitrogen and oxygen atoms in total. The summed E-state index contributed by atoms with van der Waals surface area (Å²) in [6.07, 6.45) is 15.9. The molecule has 16 rings (SSSR count). The Kier molecular flexibility index (Phi) is 33.7. The summed E-state index contributed by atoms with van der Waals surface area (Å²) in [5.74, 6) is 1.97. The molecular formula is C100H118BBrCl3N15O15S3. The highest BCUT2D eigenvalue weighted by Gasteiger charge is 2.52. The number of fused-ring (bicyclic) bond motifs is 3. The van der Waals surface area contributed by atoms with E-state index in [2.05, 4.69) is 119 Å². The molecule has 4 aliphatic rings. The first-order valence-electron chi connectivity index (χ1n) is 45.6. The van der Waals surface area contributed by atoms with Crippen molar-refractivity contribution in [1.29, 1.82) is 0 Å². The van der Waals surface area contributed by atoms with Crippen molar-refractivity contribution in [3.8, 4) is 39.9 Å². The first kappa shape index (κ1) is 105. The lowest BCUT2D eigenvalue weighted by Crippen LogP contribution is -2.42. The van der Waals surface area contributed by atoms with E-state index in [0.717, 1.165) is 154 Å². The Bertz CT molecular complexity index is 6790. The molecule has 0 unspecified atom stereocenters. The molecule has 3 aliphatic carbocycles. The number of halogens is 4. The van der Waals surface area contributed by atoms with Crippen molar-refractivity contribution in [2.75, 3.05) is 37.3 Å². The van der Waals surface area contributed by atoms with Crippen LogP contribution in [-0.2, 0) is 65.6 Å². The lowest BCUT2D eigenvalue weighted by Gasteiger charge is -2.32. The molecule has 1 saturated heterocycles. The fraction of sp³-hybridized carbons (Fsp3) is 0.410. The van der Waals surface area contributed by atoms with Crippen LogP contribution in [0.1, 0.15) is 180 Å². The smallest absolute Gasteiger partial charge is 0.481 e. The van der Waals surface area contributed by atoms with Gasteiger partial charge in [0.2, 0.25) is 35.5 Å². The quantitative estimate of drug-likeness (QED) is 0.0324. The van der Waals surface area contributed by atoms with E-state index in [-0.39, 0.29) is 94.6 Å². The van der Waals surface area contributed by atoms with E-state index in [1.165, 1.54) is 39.5 Å². The number of carbonyl (C=O) groups excluding carboxylic acids is 2. The fourth-order valence-electron chi connectivity index (χ4n) is 16.5. The Labute approximate surface area is 830 Å². The van der Waals surface area contributed by atoms with Crippen molar-refractivity contribution in [2.24, 2.45) is 5.73 Å². The maximum atomic E-state index is 13.0. The summed E-state index contributed by atoms with van der Waals surface area (Å²) in [7, 11) is -6.84. The molecule has 7 N–H and O–H groups in total. The zero-order valence-corrected chi connectivity index (χ0v) is 86.5. The minimum Gasteiger partial charge on any atom is -0.481 e. The molecule has 2 amide bonds. The summed E-state index contributed by atoms with van der Waals surface area (Å²) in [6, 6.07) is 43.0. The topological polar surface area (TPSA) is 403 Å². The predicted molar refractivity (Wildman–Crippen MR) is 546 cm³/mol. The number of amides is 2. The van der Waals surface area contributed by atoms with Gasteiger partial charge < -0.3 is 65.3 Å². The second-order valence-corrected chi connectivity index (χ2v) is 45.9. The van der Waals surface area contributed by atoms with Crippen molar-refractivity contribution in [2.45, 2.75) is 258 Å². The number of benzene rings is 6. The van der Waals surface area contributed by atoms with Crippen molar-refractivity contribution in [3.05, 3.63) is 217 Å². The third-order valence-electron chi connectivity index (χ3n) is 24.4. The Hall–Kier alpha value is -10.7. The average Bonchev–Trinajstić information content (AvgIpc) is 1.68. The van der Waals surface area contributed by atoms with Crippen LogP contribution in [0.3, 0.4) is 0 Å². The number of pyridine rings is 3. The van der Waals surface area contributed by atoms with E-state index in [4.69, 9.17) is 88.5 Å². The first-order chi connectivity index (χ1) is 65.2. The van der Waals surface area contributed by atoms with E-state index in [9.17, 15) is 34.8 Å². The minimum absolute atomic E-state index is 0.0682.